The molecule has 1 aromatic heterocycles. The van der Waals surface area contributed by atoms with Crippen LogP contribution in [-0.4, -0.2) is 22.5 Å². The summed E-state index contributed by atoms with van der Waals surface area (Å²) in [6.07, 6.45) is 1.83. The predicted octanol–water partition coefficient (Wildman–Crippen LogP) is 2.04. The number of hydrogen-bond donors (Lipinski definition) is 2. The van der Waals surface area contributed by atoms with Crippen molar-refractivity contribution in [1.29, 1.82) is 0 Å². The van der Waals surface area contributed by atoms with Crippen molar-refractivity contribution in [2.75, 3.05) is 0 Å². The summed E-state index contributed by atoms with van der Waals surface area (Å²) >= 11 is 1.38. The lowest BCUT2D eigenvalue weighted by Gasteiger charge is -2.19. The first-order chi connectivity index (χ1) is 11.5. The van der Waals surface area contributed by atoms with Gasteiger partial charge < -0.3 is 15.2 Å². The first kappa shape index (κ1) is 17.9. The van der Waals surface area contributed by atoms with Crippen LogP contribution in [0, 0.1) is 5.92 Å². The van der Waals surface area contributed by atoms with Gasteiger partial charge in [0.1, 0.15) is 6.04 Å². The highest BCUT2D eigenvalue weighted by Gasteiger charge is 2.23. The molecular weight excluding hydrogens is 324 g/mol. The molecule has 1 atom stereocenters. The standard InChI is InChI=1S/C17H22N4O2S/c1-12(2)14(15(22)20-17-21(3)9-10-24-17)19-16(23)18-11-13-7-5-4-6-8-13/h4-10,12,14H,11H2,1-3H3,(H2,18,19,23). The Morgan fingerprint density at radius 1 is 1.25 bits per heavy atom. The quantitative estimate of drug-likeness (QED) is 0.869. The Morgan fingerprint density at radius 3 is 2.54 bits per heavy atom. The van der Waals surface area contributed by atoms with Gasteiger partial charge in [0.2, 0.25) is 0 Å². The maximum atomic E-state index is 12.4. The Labute approximate surface area is 145 Å². The van der Waals surface area contributed by atoms with E-state index in [4.69, 9.17) is 0 Å². The van der Waals surface area contributed by atoms with Crippen LogP contribution in [0.4, 0.5) is 4.79 Å². The maximum Gasteiger partial charge on any atom is 0.315 e. The first-order valence-electron chi connectivity index (χ1n) is 7.74. The fourth-order valence-electron chi connectivity index (χ4n) is 2.08. The number of rotatable bonds is 5. The second kappa shape index (κ2) is 8.44. The normalized spacial score (nSPS) is 12.9. The van der Waals surface area contributed by atoms with Crippen molar-refractivity contribution in [3.05, 3.63) is 52.3 Å². The molecule has 1 heterocycles. The molecule has 0 aliphatic carbocycles. The average Bonchev–Trinajstić information content (AvgIpc) is 2.96. The van der Waals surface area contributed by atoms with E-state index < -0.39 is 6.04 Å². The van der Waals surface area contributed by atoms with Gasteiger partial charge in [-0.3, -0.25) is 4.79 Å². The van der Waals surface area contributed by atoms with Crippen LogP contribution in [0.3, 0.4) is 0 Å². The first-order valence-corrected chi connectivity index (χ1v) is 8.62. The maximum absolute atomic E-state index is 12.4. The fourth-order valence-corrected chi connectivity index (χ4v) is 2.82. The highest BCUT2D eigenvalue weighted by Crippen LogP contribution is 2.04. The van der Waals surface area contributed by atoms with Crippen LogP contribution in [0.15, 0.2) is 46.9 Å². The van der Waals surface area contributed by atoms with Crippen molar-refractivity contribution in [3.63, 3.8) is 0 Å². The van der Waals surface area contributed by atoms with Gasteiger partial charge in [-0.05, 0) is 11.5 Å². The summed E-state index contributed by atoms with van der Waals surface area (Å²) in [5.41, 5.74) is 0.996. The largest absolute Gasteiger partial charge is 0.334 e. The van der Waals surface area contributed by atoms with Crippen LogP contribution in [0.2, 0.25) is 0 Å². The van der Waals surface area contributed by atoms with Gasteiger partial charge in [-0.15, -0.1) is 11.3 Å². The molecule has 1 unspecified atom stereocenters. The van der Waals surface area contributed by atoms with Crippen LogP contribution in [-0.2, 0) is 18.4 Å². The number of hydrogen-bond acceptors (Lipinski definition) is 3. The SMILES string of the molecule is CC(C)C(NC(=O)NCc1ccccc1)C(=O)N=c1sccn1C. The minimum atomic E-state index is -0.664. The van der Waals surface area contributed by atoms with Crippen molar-refractivity contribution >= 4 is 23.3 Å². The van der Waals surface area contributed by atoms with Crippen molar-refractivity contribution in [3.8, 4) is 0 Å². The minimum absolute atomic E-state index is 0.0611. The van der Waals surface area contributed by atoms with E-state index in [2.05, 4.69) is 15.6 Å². The Bertz CT molecular complexity index is 749. The van der Waals surface area contributed by atoms with Gasteiger partial charge >= 0.3 is 6.03 Å². The molecule has 128 valence electrons. The second-order valence-corrected chi connectivity index (χ2v) is 6.65. The van der Waals surface area contributed by atoms with Gasteiger partial charge in [0.15, 0.2) is 4.80 Å². The highest BCUT2D eigenvalue weighted by atomic mass is 32.1. The lowest BCUT2D eigenvalue weighted by Crippen LogP contribution is -2.48. The van der Waals surface area contributed by atoms with Gasteiger partial charge in [-0.1, -0.05) is 44.2 Å². The molecule has 2 rings (SSSR count). The average molecular weight is 346 g/mol. The zero-order valence-corrected chi connectivity index (χ0v) is 14.8. The molecule has 0 fully saturated rings. The fraction of sp³-hybridized carbons (Fsp3) is 0.353. The van der Waals surface area contributed by atoms with Gasteiger partial charge in [-0.25, -0.2) is 4.79 Å². The van der Waals surface area contributed by atoms with E-state index in [0.29, 0.717) is 11.3 Å². The lowest BCUT2D eigenvalue weighted by molar-refractivity contribution is -0.120. The van der Waals surface area contributed by atoms with Crippen molar-refractivity contribution < 1.29 is 9.59 Å². The molecule has 0 aliphatic heterocycles. The molecule has 1 aromatic carbocycles. The molecule has 24 heavy (non-hydrogen) atoms. The molecule has 0 bridgehead atoms. The monoisotopic (exact) mass is 346 g/mol. The van der Waals surface area contributed by atoms with E-state index in [1.54, 1.807) is 4.57 Å². The summed E-state index contributed by atoms with van der Waals surface area (Å²) < 4.78 is 1.77. The van der Waals surface area contributed by atoms with E-state index in [-0.39, 0.29) is 17.9 Å². The van der Waals surface area contributed by atoms with Crippen LogP contribution < -0.4 is 15.4 Å². The molecule has 2 aromatic rings. The number of nitrogens with one attached hydrogen (secondary N) is 2. The number of thiazole rings is 1. The smallest absolute Gasteiger partial charge is 0.315 e. The molecule has 0 saturated carbocycles. The van der Waals surface area contributed by atoms with Crippen LogP contribution >= 0.6 is 11.3 Å². The van der Waals surface area contributed by atoms with E-state index in [9.17, 15) is 9.59 Å². The molecule has 0 aliphatic rings. The minimum Gasteiger partial charge on any atom is -0.334 e. The van der Waals surface area contributed by atoms with Crippen molar-refractivity contribution in [2.45, 2.75) is 26.4 Å². The molecule has 6 nitrogen and oxygen atoms in total. The van der Waals surface area contributed by atoms with Gasteiger partial charge in [-0.2, -0.15) is 4.99 Å². The van der Waals surface area contributed by atoms with Crippen molar-refractivity contribution in [2.24, 2.45) is 18.0 Å². The van der Waals surface area contributed by atoms with Gasteiger partial charge in [0.05, 0.1) is 0 Å². The molecule has 7 heteroatoms. The third kappa shape index (κ3) is 5.06. The number of benzene rings is 1. The Hall–Kier alpha value is -2.41. The zero-order chi connectivity index (χ0) is 17.5. The Morgan fingerprint density at radius 2 is 1.96 bits per heavy atom. The highest BCUT2D eigenvalue weighted by molar-refractivity contribution is 7.07. The molecule has 0 saturated heterocycles. The molecule has 2 N–H and O–H groups in total. The summed E-state index contributed by atoms with van der Waals surface area (Å²) in [5, 5.41) is 7.34. The number of aryl methyl sites for hydroxylation is 1. The number of carbonyl (C=O) groups excluding carboxylic acids is 2. The van der Waals surface area contributed by atoms with Crippen LogP contribution in [0.5, 0.6) is 0 Å². The third-order valence-electron chi connectivity index (χ3n) is 3.48. The number of urea groups is 1. The Kier molecular flexibility index (Phi) is 6.31. The summed E-state index contributed by atoms with van der Waals surface area (Å²) in [7, 11) is 1.83. The predicted molar refractivity (Wildman–Crippen MR) is 94.3 cm³/mol. The van der Waals surface area contributed by atoms with Gasteiger partial charge in [0, 0.05) is 25.2 Å². The molecule has 0 spiro atoms. The molecular formula is C17H22N4O2S. The number of nitrogens with zero attached hydrogens (tertiary/aromatic N) is 2. The zero-order valence-electron chi connectivity index (χ0n) is 14.0. The number of amides is 3. The van der Waals surface area contributed by atoms with E-state index >= 15 is 0 Å². The lowest BCUT2D eigenvalue weighted by atomic mass is 10.0. The van der Waals surface area contributed by atoms with E-state index in [1.165, 1.54) is 11.3 Å². The van der Waals surface area contributed by atoms with Crippen LogP contribution in [0.1, 0.15) is 19.4 Å². The summed E-state index contributed by atoms with van der Waals surface area (Å²) in [5.74, 6) is -0.410. The van der Waals surface area contributed by atoms with Crippen LogP contribution in [0.25, 0.3) is 0 Å². The second-order valence-electron chi connectivity index (χ2n) is 5.78. The Balaban J connectivity index is 1.99. The topological polar surface area (TPSA) is 75.5 Å². The van der Waals surface area contributed by atoms with Crippen molar-refractivity contribution in [1.82, 2.24) is 15.2 Å². The summed E-state index contributed by atoms with van der Waals surface area (Å²) in [6, 6.07) is 8.56. The van der Waals surface area contributed by atoms with Gasteiger partial charge in [0.25, 0.3) is 5.91 Å². The summed E-state index contributed by atoms with van der Waals surface area (Å²) in [6.45, 7) is 4.16. The molecule has 3 amide bonds. The summed E-state index contributed by atoms with van der Waals surface area (Å²) in [4.78, 5) is 29.2. The molecule has 0 radical (unpaired) electrons. The third-order valence-corrected chi connectivity index (χ3v) is 4.33. The van der Waals surface area contributed by atoms with E-state index in [0.717, 1.165) is 5.56 Å². The number of aromatic nitrogens is 1. The van der Waals surface area contributed by atoms with E-state index in [1.807, 2.05) is 62.8 Å². The number of carbonyl (C=O) groups is 2.